The van der Waals surface area contributed by atoms with Crippen molar-refractivity contribution < 1.29 is 19.1 Å². The Bertz CT molecular complexity index is 981. The van der Waals surface area contributed by atoms with E-state index >= 15 is 0 Å². The zero-order chi connectivity index (χ0) is 26.1. The van der Waals surface area contributed by atoms with E-state index < -0.39 is 0 Å². The molecule has 4 fully saturated rings. The van der Waals surface area contributed by atoms with Gasteiger partial charge in [0.1, 0.15) is 6.10 Å². The number of carbonyl (C=O) groups is 2. The van der Waals surface area contributed by atoms with Crippen LogP contribution in [0, 0.1) is 45.3 Å². The molecule has 0 radical (unpaired) electrons. The molecule has 200 valence electrons. The summed E-state index contributed by atoms with van der Waals surface area (Å²) in [4.78, 5) is 24.7. The van der Waals surface area contributed by atoms with E-state index in [-0.39, 0.29) is 28.9 Å². The minimum Gasteiger partial charge on any atom is -0.466 e. The fourth-order valence-electron chi connectivity index (χ4n) is 10.7. The molecule has 0 aromatic heterocycles. The Balaban J connectivity index is 1.41. The van der Waals surface area contributed by atoms with Gasteiger partial charge in [0.15, 0.2) is 0 Å². The van der Waals surface area contributed by atoms with Gasteiger partial charge in [0.2, 0.25) is 0 Å². The summed E-state index contributed by atoms with van der Waals surface area (Å²) < 4.78 is 11.3. The van der Waals surface area contributed by atoms with Crippen molar-refractivity contribution in [1.29, 1.82) is 0 Å². The minimum absolute atomic E-state index is 0.00464. The monoisotopic (exact) mass is 496 g/mol. The first kappa shape index (κ1) is 26.0. The summed E-state index contributed by atoms with van der Waals surface area (Å²) in [5, 5.41) is 0. The lowest BCUT2D eigenvalue weighted by molar-refractivity contribution is -0.155. The van der Waals surface area contributed by atoms with Gasteiger partial charge < -0.3 is 9.47 Å². The maximum Gasteiger partial charge on any atom is 0.333 e. The molecular formula is C32H48O4. The zero-order valence-electron chi connectivity index (χ0n) is 23.6. The Morgan fingerprint density at radius 3 is 2.61 bits per heavy atom. The summed E-state index contributed by atoms with van der Waals surface area (Å²) in [5.74, 6) is 2.02. The number of fused-ring (bicyclic) bond motifs is 2. The van der Waals surface area contributed by atoms with Crippen molar-refractivity contribution in [1.82, 2.24) is 0 Å². The maximum atomic E-state index is 12.4. The van der Waals surface area contributed by atoms with E-state index in [0.29, 0.717) is 47.5 Å². The fourth-order valence-corrected chi connectivity index (χ4v) is 10.7. The molecule has 9 atom stereocenters. The Kier molecular flexibility index (Phi) is 6.32. The molecule has 4 saturated carbocycles. The van der Waals surface area contributed by atoms with Crippen molar-refractivity contribution in [3.05, 3.63) is 23.8 Å². The molecule has 0 saturated heterocycles. The van der Waals surface area contributed by atoms with Gasteiger partial charge in [-0.2, -0.15) is 0 Å². The lowest BCUT2D eigenvalue weighted by Gasteiger charge is -2.61. The van der Waals surface area contributed by atoms with Gasteiger partial charge in [0.05, 0.1) is 6.61 Å². The van der Waals surface area contributed by atoms with Crippen LogP contribution in [0.2, 0.25) is 0 Å². The lowest BCUT2D eigenvalue weighted by Crippen LogP contribution is -2.55. The van der Waals surface area contributed by atoms with E-state index in [1.807, 2.05) is 13.8 Å². The molecule has 0 amide bonds. The number of carbonyl (C=O) groups excluding carboxylic acids is 2. The summed E-state index contributed by atoms with van der Waals surface area (Å²) >= 11 is 0. The average Bonchev–Trinajstić information content (AvgIpc) is 3.42. The summed E-state index contributed by atoms with van der Waals surface area (Å²) in [6.07, 6.45) is 13.2. The van der Waals surface area contributed by atoms with Crippen LogP contribution in [0.4, 0.5) is 0 Å². The second kappa shape index (κ2) is 8.73. The molecule has 5 aliphatic rings. The Labute approximate surface area is 218 Å². The molecule has 1 spiro atoms. The molecule has 1 aliphatic heterocycles. The zero-order valence-corrected chi connectivity index (χ0v) is 23.6. The lowest BCUT2D eigenvalue weighted by atomic mass is 9.43. The van der Waals surface area contributed by atoms with Gasteiger partial charge in [-0.25, -0.2) is 4.79 Å². The maximum absolute atomic E-state index is 12.4. The SMILES string of the molecule is C=C(C)C1CCC2C3(C)CCC(C(C)C4CC=C(C)C(=O)O4)C3(C)CCC23CC13CCC(=O)OCC. The standard InChI is InChI=1S/C32H48O4/c1-8-35-27(33)14-16-31-19-32(31)18-17-29(6)24(22(5)25-11-9-21(4)28(34)36-25)13-15-30(29,7)26(32)12-10-23(31)20(2)3/h9,22-26H,2,8,10-19H2,1,3-7H3. The number of esters is 2. The first-order chi connectivity index (χ1) is 17.0. The van der Waals surface area contributed by atoms with Crippen LogP contribution < -0.4 is 0 Å². The third-order valence-corrected chi connectivity index (χ3v) is 12.7. The van der Waals surface area contributed by atoms with Crippen LogP contribution in [-0.4, -0.2) is 24.6 Å². The van der Waals surface area contributed by atoms with Crippen LogP contribution in [0.5, 0.6) is 0 Å². The molecule has 9 unspecified atom stereocenters. The second-order valence-corrected chi connectivity index (χ2v) is 13.7. The van der Waals surface area contributed by atoms with Crippen LogP contribution in [0.3, 0.4) is 0 Å². The van der Waals surface area contributed by atoms with E-state index in [1.54, 1.807) is 0 Å². The van der Waals surface area contributed by atoms with Crippen molar-refractivity contribution in [2.75, 3.05) is 6.61 Å². The molecule has 4 heteroatoms. The molecule has 4 aliphatic carbocycles. The Morgan fingerprint density at radius 1 is 1.19 bits per heavy atom. The van der Waals surface area contributed by atoms with E-state index in [2.05, 4.69) is 40.3 Å². The fraction of sp³-hybridized carbons (Fsp3) is 0.812. The van der Waals surface area contributed by atoms with Crippen LogP contribution in [0.1, 0.15) is 106 Å². The van der Waals surface area contributed by atoms with Gasteiger partial charge in [-0.05, 0) is 117 Å². The number of allylic oxidation sites excluding steroid dienone is 1. The predicted molar refractivity (Wildman–Crippen MR) is 142 cm³/mol. The van der Waals surface area contributed by atoms with Gasteiger partial charge in [0, 0.05) is 18.4 Å². The first-order valence-electron chi connectivity index (χ1n) is 14.6. The molecule has 0 N–H and O–H groups in total. The number of hydrogen-bond acceptors (Lipinski definition) is 4. The molecule has 36 heavy (non-hydrogen) atoms. The largest absolute Gasteiger partial charge is 0.466 e. The molecule has 0 aromatic carbocycles. The Morgan fingerprint density at radius 2 is 1.94 bits per heavy atom. The highest BCUT2D eigenvalue weighted by Gasteiger charge is 2.80. The van der Waals surface area contributed by atoms with Crippen molar-refractivity contribution in [2.24, 2.45) is 45.3 Å². The van der Waals surface area contributed by atoms with Gasteiger partial charge in [-0.15, -0.1) is 0 Å². The molecule has 4 nitrogen and oxygen atoms in total. The molecular weight excluding hydrogens is 448 g/mol. The van der Waals surface area contributed by atoms with Gasteiger partial charge in [0.25, 0.3) is 0 Å². The summed E-state index contributed by atoms with van der Waals surface area (Å²) in [6.45, 7) is 18.4. The van der Waals surface area contributed by atoms with Crippen molar-refractivity contribution >= 4 is 11.9 Å². The summed E-state index contributed by atoms with van der Waals surface area (Å²) in [7, 11) is 0. The smallest absolute Gasteiger partial charge is 0.333 e. The molecule has 0 aromatic rings. The first-order valence-corrected chi connectivity index (χ1v) is 14.6. The highest BCUT2D eigenvalue weighted by atomic mass is 16.5. The van der Waals surface area contributed by atoms with Gasteiger partial charge in [-0.1, -0.05) is 39.0 Å². The van der Waals surface area contributed by atoms with Gasteiger partial charge >= 0.3 is 11.9 Å². The summed E-state index contributed by atoms with van der Waals surface area (Å²) in [5.41, 5.74) is 3.20. The minimum atomic E-state index is -0.130. The second-order valence-electron chi connectivity index (χ2n) is 13.7. The van der Waals surface area contributed by atoms with Crippen LogP contribution in [0.15, 0.2) is 23.8 Å². The third kappa shape index (κ3) is 3.44. The van der Waals surface area contributed by atoms with Crippen molar-refractivity contribution in [2.45, 2.75) is 112 Å². The van der Waals surface area contributed by atoms with E-state index in [0.717, 1.165) is 18.4 Å². The van der Waals surface area contributed by atoms with Gasteiger partial charge in [-0.3, -0.25) is 4.79 Å². The summed E-state index contributed by atoms with van der Waals surface area (Å²) in [6, 6.07) is 0. The molecule has 0 bridgehead atoms. The van der Waals surface area contributed by atoms with Crippen LogP contribution in [-0.2, 0) is 19.1 Å². The number of ether oxygens (including phenoxy) is 2. The topological polar surface area (TPSA) is 52.6 Å². The predicted octanol–water partition coefficient (Wildman–Crippen LogP) is 7.42. The normalized spacial score (nSPS) is 45.9. The molecule has 5 rings (SSSR count). The molecule has 1 heterocycles. The van der Waals surface area contributed by atoms with E-state index in [4.69, 9.17) is 9.47 Å². The quantitative estimate of drug-likeness (QED) is 0.272. The van der Waals surface area contributed by atoms with Crippen molar-refractivity contribution in [3.63, 3.8) is 0 Å². The third-order valence-electron chi connectivity index (χ3n) is 12.7. The number of hydrogen-bond donors (Lipinski definition) is 0. The Hall–Kier alpha value is -1.58. The van der Waals surface area contributed by atoms with Crippen LogP contribution in [0.25, 0.3) is 0 Å². The highest BCUT2D eigenvalue weighted by Crippen LogP contribution is 2.87. The highest BCUT2D eigenvalue weighted by molar-refractivity contribution is 5.88. The average molecular weight is 497 g/mol. The number of rotatable bonds is 7. The van der Waals surface area contributed by atoms with E-state index in [9.17, 15) is 9.59 Å². The number of cyclic esters (lactones) is 1. The van der Waals surface area contributed by atoms with Crippen LogP contribution >= 0.6 is 0 Å². The van der Waals surface area contributed by atoms with Crippen molar-refractivity contribution in [3.8, 4) is 0 Å². The van der Waals surface area contributed by atoms with E-state index in [1.165, 1.54) is 50.5 Å².